The van der Waals surface area contributed by atoms with E-state index in [0.29, 0.717) is 36.6 Å². The molecule has 0 aliphatic rings. The Bertz CT molecular complexity index is 930. The number of hydrogen-bond acceptors (Lipinski definition) is 9. The number of rotatable bonds is 12. The van der Waals surface area contributed by atoms with Gasteiger partial charge in [-0.15, -0.1) is 0 Å². The average Bonchev–Trinajstić information content (AvgIpc) is 2.82. The fourth-order valence-corrected chi connectivity index (χ4v) is 4.35. The fraction of sp³-hybridized carbons (Fsp3) is 0.481. The van der Waals surface area contributed by atoms with Gasteiger partial charge in [0.15, 0.2) is 0 Å². The minimum atomic E-state index is -0.409. The molecule has 0 saturated heterocycles. The van der Waals surface area contributed by atoms with Crippen molar-refractivity contribution in [3.8, 4) is 5.75 Å². The number of aliphatic hydroxyl groups is 1. The normalized spacial score (nSPS) is 11.8. The van der Waals surface area contributed by atoms with Crippen LogP contribution in [-0.4, -0.2) is 62.5 Å². The number of ether oxygens (including phenoxy) is 2. The van der Waals surface area contributed by atoms with Gasteiger partial charge in [0, 0.05) is 46.2 Å². The van der Waals surface area contributed by atoms with Crippen LogP contribution in [0.25, 0.3) is 0 Å². The Hall–Kier alpha value is -0.664. The first-order chi connectivity index (χ1) is 16.6. The van der Waals surface area contributed by atoms with Crippen LogP contribution in [0.15, 0.2) is 30.3 Å². The van der Waals surface area contributed by atoms with E-state index in [2.05, 4.69) is 34.2 Å². The summed E-state index contributed by atoms with van der Waals surface area (Å²) >= 11 is 1.60. The molecule has 0 heterocycles. The van der Waals surface area contributed by atoms with Crippen LogP contribution in [0.5, 0.6) is 5.75 Å². The van der Waals surface area contributed by atoms with Crippen molar-refractivity contribution in [1.29, 1.82) is 0 Å². The van der Waals surface area contributed by atoms with E-state index >= 15 is 0 Å². The molecular formula is C27H45KN4O4S. The topological polar surface area (TPSA) is 114 Å². The smallest absolute Gasteiger partial charge is 0.494 e. The standard InChI is InChI=1S/C23H34N4O3S.C3H8O.CH3.K/c1-15-6-7-17(10-19(15)14-27(31-5)13-16(2)29)20(8-9-28)18-11-21(24)23(26(3)25)22(12-18)30-4;1-3-4-2;;/h6-7,9-12,16,20,29H,8,13-14,24-25H2,1-5H3;3H2,1-2H3;1H3;/q;;-1;+1. The molecule has 2 aromatic rings. The molecule has 0 amide bonds. The number of hydrogen-bond donors (Lipinski definition) is 3. The van der Waals surface area contributed by atoms with E-state index in [-0.39, 0.29) is 64.7 Å². The van der Waals surface area contributed by atoms with Crippen LogP contribution in [0.1, 0.15) is 48.4 Å². The maximum Gasteiger partial charge on any atom is 1.00 e. The number of nitrogens with two attached hydrogens (primary N) is 2. The molecule has 0 spiro atoms. The molecule has 8 nitrogen and oxygen atoms in total. The summed E-state index contributed by atoms with van der Waals surface area (Å²) in [7, 11) is 4.96. The quantitative estimate of drug-likeness (QED) is 0.0670. The van der Waals surface area contributed by atoms with Gasteiger partial charge in [-0.25, -0.2) is 10.1 Å². The summed E-state index contributed by atoms with van der Waals surface area (Å²) in [5, 5.41) is 11.2. The summed E-state index contributed by atoms with van der Waals surface area (Å²) < 4.78 is 12.2. The zero-order valence-electron chi connectivity index (χ0n) is 24.1. The van der Waals surface area contributed by atoms with E-state index in [0.717, 1.165) is 35.1 Å². The number of nitrogen functional groups attached to an aromatic ring is 1. The number of aldehydes is 1. The minimum Gasteiger partial charge on any atom is -0.494 e. The first-order valence-corrected chi connectivity index (χ1v) is 12.8. The molecule has 5 N–H and O–H groups in total. The summed E-state index contributed by atoms with van der Waals surface area (Å²) in [6, 6.07) is 10.0. The summed E-state index contributed by atoms with van der Waals surface area (Å²) in [5.41, 5.74) is 11.6. The van der Waals surface area contributed by atoms with E-state index in [4.69, 9.17) is 16.3 Å². The van der Waals surface area contributed by atoms with Crippen molar-refractivity contribution in [3.63, 3.8) is 0 Å². The van der Waals surface area contributed by atoms with Gasteiger partial charge in [0.2, 0.25) is 0 Å². The average molecular weight is 561 g/mol. The Kier molecular flexibility index (Phi) is 21.1. The molecule has 0 radical (unpaired) electrons. The van der Waals surface area contributed by atoms with Crippen LogP contribution < -0.4 is 72.7 Å². The summed E-state index contributed by atoms with van der Waals surface area (Å²) in [4.78, 5) is 11.5. The zero-order valence-corrected chi connectivity index (χ0v) is 28.0. The molecule has 10 heteroatoms. The van der Waals surface area contributed by atoms with Crippen LogP contribution in [0.2, 0.25) is 0 Å². The molecule has 37 heavy (non-hydrogen) atoms. The number of aryl methyl sites for hydroxylation is 1. The van der Waals surface area contributed by atoms with Crippen molar-refractivity contribution in [2.24, 2.45) is 5.84 Å². The van der Waals surface area contributed by atoms with Gasteiger partial charge in [-0.1, -0.05) is 30.1 Å². The Morgan fingerprint density at radius 1 is 1.19 bits per heavy atom. The van der Waals surface area contributed by atoms with E-state index < -0.39 is 6.10 Å². The molecule has 0 aromatic heterocycles. The maximum atomic E-state index is 11.5. The number of aliphatic hydroxyl groups excluding tert-OH is 1. The molecule has 0 aliphatic heterocycles. The Morgan fingerprint density at radius 2 is 1.81 bits per heavy atom. The van der Waals surface area contributed by atoms with Crippen molar-refractivity contribution >= 4 is 29.6 Å². The van der Waals surface area contributed by atoms with Gasteiger partial charge in [0.25, 0.3) is 0 Å². The molecule has 204 valence electrons. The Balaban J connectivity index is 0. The Morgan fingerprint density at radius 3 is 2.27 bits per heavy atom. The molecule has 2 unspecified atom stereocenters. The van der Waals surface area contributed by atoms with E-state index in [1.807, 2.05) is 25.3 Å². The van der Waals surface area contributed by atoms with Crippen LogP contribution >= 0.6 is 11.9 Å². The van der Waals surface area contributed by atoms with Gasteiger partial charge in [0.05, 0.1) is 18.9 Å². The molecule has 0 bridgehead atoms. The number of methoxy groups -OCH3 is 2. The third-order valence-corrected chi connectivity index (χ3v) is 6.37. The number of anilines is 2. The van der Waals surface area contributed by atoms with Crippen molar-refractivity contribution in [1.82, 2.24) is 4.31 Å². The molecule has 0 aliphatic carbocycles. The fourth-order valence-electron chi connectivity index (χ4n) is 3.71. The number of benzene rings is 2. The van der Waals surface area contributed by atoms with Gasteiger partial charge in [0.1, 0.15) is 17.7 Å². The Labute approximate surface area is 271 Å². The van der Waals surface area contributed by atoms with Crippen molar-refractivity contribution in [3.05, 3.63) is 60.0 Å². The predicted molar refractivity (Wildman–Crippen MR) is 153 cm³/mol. The third kappa shape index (κ3) is 12.4. The van der Waals surface area contributed by atoms with Crippen LogP contribution in [0.4, 0.5) is 11.4 Å². The van der Waals surface area contributed by atoms with E-state index in [9.17, 15) is 9.90 Å². The summed E-state index contributed by atoms with van der Waals surface area (Å²) in [6.45, 7) is 7.90. The second-order valence-electron chi connectivity index (χ2n) is 8.34. The second kappa shape index (κ2) is 20.3. The monoisotopic (exact) mass is 560 g/mol. The number of carbonyl (C=O) groups excluding carboxylic acids is 1. The van der Waals surface area contributed by atoms with Gasteiger partial charge >= 0.3 is 51.4 Å². The van der Waals surface area contributed by atoms with Gasteiger partial charge < -0.3 is 37.5 Å². The third-order valence-electron chi connectivity index (χ3n) is 5.57. The summed E-state index contributed by atoms with van der Waals surface area (Å²) in [5.74, 6) is 6.31. The number of carbonyl (C=O) groups is 1. The van der Waals surface area contributed by atoms with Crippen LogP contribution in [-0.2, 0) is 16.1 Å². The predicted octanol–water partition coefficient (Wildman–Crippen LogP) is 1.18. The zero-order chi connectivity index (χ0) is 26.5. The number of nitrogens with zero attached hydrogens (tertiary/aromatic N) is 2. The molecule has 2 rings (SSSR count). The van der Waals surface area contributed by atoms with Gasteiger partial charge in [-0.3, -0.25) is 0 Å². The maximum absolute atomic E-state index is 11.5. The molecular weight excluding hydrogens is 515 g/mol. The SMILES string of the molecule is CCOC.COc1cc(C(CC=O)c2ccc(C)c(CN(CC(C)O)SC)c2)cc(N)c1N(C)N.[CH3-].[K+]. The van der Waals surface area contributed by atoms with Crippen LogP contribution in [0.3, 0.4) is 0 Å². The van der Waals surface area contributed by atoms with Gasteiger partial charge in [-0.05, 0) is 61.4 Å². The molecule has 0 saturated carbocycles. The minimum absolute atomic E-state index is 0. The van der Waals surface area contributed by atoms with Crippen molar-refractivity contribution in [2.45, 2.75) is 45.8 Å². The van der Waals surface area contributed by atoms with Crippen LogP contribution in [0, 0.1) is 14.4 Å². The summed E-state index contributed by atoms with van der Waals surface area (Å²) in [6.07, 6.45) is 2.84. The first kappa shape index (κ1) is 38.5. The molecule has 2 aromatic carbocycles. The molecule has 0 fully saturated rings. The van der Waals surface area contributed by atoms with Crippen molar-refractivity contribution < 1.29 is 70.8 Å². The largest absolute Gasteiger partial charge is 1.00 e. The van der Waals surface area contributed by atoms with E-state index in [1.165, 1.54) is 5.01 Å². The van der Waals surface area contributed by atoms with Crippen molar-refractivity contribution in [2.75, 3.05) is 51.4 Å². The number of hydrazine groups is 1. The second-order valence-corrected chi connectivity index (χ2v) is 9.23. The molecule has 2 atom stereocenters. The van der Waals surface area contributed by atoms with Gasteiger partial charge in [-0.2, -0.15) is 0 Å². The first-order valence-electron chi connectivity index (χ1n) is 11.6. The van der Waals surface area contributed by atoms with E-state index in [1.54, 1.807) is 40.1 Å².